The SMILES string of the molecule is C=Cc1ccc(CC2(c3c(F)c(F)c(F)c(F)c3F)c3ccccc3-c3ccc(N(c4ccc(-c5ccc(-c6ccc(N(c7ccc8c(c7)C(Cc7ccc(C=C)cc7)(c7c(F)c(F)c(F)c(F)c7F)c7ccccc7-8)c7cccc8ccccc78)cc6)cc5)cc4)c4cccc5ccccc45)cc32)cc1. The van der Waals surface area contributed by atoms with Gasteiger partial charge >= 0.3 is 0 Å². The summed E-state index contributed by atoms with van der Waals surface area (Å²) in [5, 5.41) is 3.63. The van der Waals surface area contributed by atoms with Crippen LogP contribution < -0.4 is 9.80 Å². The largest absolute Gasteiger partial charge is 0.310 e. The number of rotatable bonds is 16. The number of benzene rings is 15. The third-order valence-electron chi connectivity index (χ3n) is 21.3. The Kier molecular flexibility index (Phi) is 16.4. The highest BCUT2D eigenvalue weighted by atomic mass is 19.2. The maximum absolute atomic E-state index is 17.0. The van der Waals surface area contributed by atoms with Gasteiger partial charge in [0.2, 0.25) is 11.6 Å². The van der Waals surface area contributed by atoms with Crippen LogP contribution in [0.2, 0.25) is 0 Å². The molecule has 2 atom stereocenters. The lowest BCUT2D eigenvalue weighted by molar-refractivity contribution is 0.357. The summed E-state index contributed by atoms with van der Waals surface area (Å²) in [6.45, 7) is 7.74. The van der Waals surface area contributed by atoms with E-state index in [0.29, 0.717) is 78.4 Å². The zero-order chi connectivity index (χ0) is 72.9. The molecule has 514 valence electrons. The lowest BCUT2D eigenvalue weighted by atomic mass is 9.68. The van der Waals surface area contributed by atoms with Crippen molar-refractivity contribution >= 4 is 67.8 Å². The van der Waals surface area contributed by atoms with Crippen LogP contribution >= 0.6 is 0 Å². The second-order valence-electron chi connectivity index (χ2n) is 26.8. The molecule has 0 aliphatic heterocycles. The van der Waals surface area contributed by atoms with Gasteiger partial charge in [-0.3, -0.25) is 0 Å². The van der Waals surface area contributed by atoms with E-state index in [1.807, 2.05) is 204 Å². The highest BCUT2D eigenvalue weighted by Crippen LogP contribution is 2.60. The number of hydrogen-bond acceptors (Lipinski definition) is 2. The summed E-state index contributed by atoms with van der Waals surface area (Å²) < 4.78 is 162. The monoisotopic (exact) mass is 1400 g/mol. The average Bonchev–Trinajstić information content (AvgIpc) is 1.53. The number of nitrogens with zero attached hydrogens (tertiary/aromatic N) is 2. The van der Waals surface area contributed by atoms with Gasteiger partial charge in [-0.1, -0.05) is 256 Å². The molecule has 0 aromatic heterocycles. The Bertz CT molecular complexity index is 5630. The van der Waals surface area contributed by atoms with E-state index in [1.165, 1.54) is 0 Å². The molecule has 0 spiro atoms. The maximum Gasteiger partial charge on any atom is 0.200 e. The van der Waals surface area contributed by atoms with Crippen LogP contribution in [0.5, 0.6) is 0 Å². The summed E-state index contributed by atoms with van der Waals surface area (Å²) >= 11 is 0. The highest BCUT2D eigenvalue weighted by Gasteiger charge is 2.52. The number of anilines is 6. The van der Waals surface area contributed by atoms with Crippen molar-refractivity contribution in [2.75, 3.05) is 9.80 Å². The molecule has 0 N–H and O–H groups in total. The van der Waals surface area contributed by atoms with Crippen LogP contribution in [0.3, 0.4) is 0 Å². The van der Waals surface area contributed by atoms with Gasteiger partial charge in [0.05, 0.1) is 22.2 Å². The van der Waals surface area contributed by atoms with Gasteiger partial charge in [0.15, 0.2) is 46.5 Å². The topological polar surface area (TPSA) is 6.48 Å². The second-order valence-corrected chi connectivity index (χ2v) is 26.8. The Hall–Kier alpha value is -12.8. The predicted molar refractivity (Wildman–Crippen MR) is 405 cm³/mol. The third-order valence-corrected chi connectivity index (χ3v) is 21.3. The van der Waals surface area contributed by atoms with Crippen LogP contribution in [0, 0.1) is 58.2 Å². The Morgan fingerprint density at radius 1 is 0.264 bits per heavy atom. The first-order chi connectivity index (χ1) is 51.6. The van der Waals surface area contributed by atoms with Crippen molar-refractivity contribution in [2.45, 2.75) is 23.7 Å². The van der Waals surface area contributed by atoms with Crippen LogP contribution in [0.1, 0.15) is 55.6 Å². The first-order valence-electron chi connectivity index (χ1n) is 34.4. The van der Waals surface area contributed by atoms with Gasteiger partial charge in [0, 0.05) is 44.6 Å². The fraction of sp³-hybridized carbons (Fsp3) is 0.0426. The van der Waals surface area contributed by atoms with Crippen molar-refractivity contribution in [3.8, 4) is 44.5 Å². The van der Waals surface area contributed by atoms with Gasteiger partial charge in [0.25, 0.3) is 0 Å². The Morgan fingerprint density at radius 3 is 0.915 bits per heavy atom. The molecule has 0 heterocycles. The van der Waals surface area contributed by atoms with E-state index in [9.17, 15) is 0 Å². The molecule has 15 aromatic carbocycles. The molecule has 2 aliphatic rings. The summed E-state index contributed by atoms with van der Waals surface area (Å²) in [6.07, 6.45) is 2.95. The van der Waals surface area contributed by atoms with Gasteiger partial charge < -0.3 is 9.80 Å². The van der Waals surface area contributed by atoms with Crippen molar-refractivity contribution in [3.63, 3.8) is 0 Å². The zero-order valence-corrected chi connectivity index (χ0v) is 56.4. The molecule has 106 heavy (non-hydrogen) atoms. The van der Waals surface area contributed by atoms with Gasteiger partial charge in [0.1, 0.15) is 0 Å². The predicted octanol–water partition coefficient (Wildman–Crippen LogP) is 26.1. The second kappa shape index (κ2) is 26.2. The minimum Gasteiger partial charge on any atom is -0.310 e. The minimum absolute atomic E-state index is 0.177. The molecule has 0 bridgehead atoms. The molecule has 2 nitrogen and oxygen atoms in total. The molecule has 2 unspecified atom stereocenters. The first-order valence-corrected chi connectivity index (χ1v) is 34.4. The van der Waals surface area contributed by atoms with E-state index in [4.69, 9.17) is 0 Å². The van der Waals surface area contributed by atoms with E-state index >= 15 is 43.9 Å². The van der Waals surface area contributed by atoms with Crippen LogP contribution in [0.4, 0.5) is 78.0 Å². The normalized spacial score (nSPS) is 14.7. The molecular formula is C94H58F10N2. The van der Waals surface area contributed by atoms with Crippen LogP contribution in [-0.4, -0.2) is 0 Å². The first kappa shape index (κ1) is 66.4. The van der Waals surface area contributed by atoms with Gasteiger partial charge in [-0.2, -0.15) is 0 Å². The Labute approximate surface area is 604 Å². The summed E-state index contributed by atoms with van der Waals surface area (Å²) in [7, 11) is 0. The lowest BCUT2D eigenvalue weighted by Crippen LogP contribution is -2.34. The molecule has 17 rings (SSSR count). The molecule has 0 fully saturated rings. The van der Waals surface area contributed by atoms with E-state index in [0.717, 1.165) is 66.3 Å². The summed E-state index contributed by atoms with van der Waals surface area (Å²) in [6, 6.07) is 91.0. The maximum atomic E-state index is 17.0. The van der Waals surface area contributed by atoms with E-state index in [-0.39, 0.29) is 12.8 Å². The van der Waals surface area contributed by atoms with Crippen LogP contribution in [-0.2, 0) is 23.7 Å². The fourth-order valence-corrected chi connectivity index (χ4v) is 16.3. The van der Waals surface area contributed by atoms with Gasteiger partial charge in [-0.15, -0.1) is 0 Å². The molecule has 15 aromatic rings. The lowest BCUT2D eigenvalue weighted by Gasteiger charge is -2.35. The highest BCUT2D eigenvalue weighted by molar-refractivity contribution is 6.02. The summed E-state index contributed by atoms with van der Waals surface area (Å²) in [4.78, 5) is 4.07. The van der Waals surface area contributed by atoms with E-state index in [2.05, 4.69) is 13.2 Å². The van der Waals surface area contributed by atoms with Crippen LogP contribution in [0.15, 0.2) is 304 Å². The Balaban J connectivity index is 0.745. The van der Waals surface area contributed by atoms with Crippen molar-refractivity contribution in [1.82, 2.24) is 0 Å². The smallest absolute Gasteiger partial charge is 0.200 e. The third kappa shape index (κ3) is 10.6. The molecule has 0 amide bonds. The standard InChI is InChI=1S/C94H58F10N2/c1-3-55-27-31-57(32-28-55)53-93(81-83(95)87(99)91(103)88(100)84(81)96)75-23-11-9-21-71(75)73-49-47-67(51-77(73)93)105(79-25-13-17-63-15-5-7-19-69(63)79)65-43-39-61(40-44-65)59-35-37-60(38-36-59)62-41-45-66(46-42-62)106(80-26-14-18-64-16-6-8-20-70(64)80)68-48-50-74-72-22-10-12-24-76(72)94(78(74)52-68,54-58-33-29-56(4-2)30-34-58)82-85(97)89(101)92(104)90(102)86(82)98/h3-52H,1-2,53-54H2. The molecule has 0 saturated carbocycles. The van der Waals surface area contributed by atoms with Crippen LogP contribution in [0.25, 0.3) is 78.2 Å². The van der Waals surface area contributed by atoms with Crippen molar-refractivity contribution in [3.05, 3.63) is 418 Å². The Morgan fingerprint density at radius 2 is 0.557 bits per heavy atom. The summed E-state index contributed by atoms with van der Waals surface area (Å²) in [5.41, 5.74) is 8.21. The average molecular weight is 1410 g/mol. The molecule has 0 saturated heterocycles. The van der Waals surface area contributed by atoms with Gasteiger partial charge in [-0.05, 0) is 173 Å². The van der Waals surface area contributed by atoms with E-state index in [1.54, 1.807) is 109 Å². The summed E-state index contributed by atoms with van der Waals surface area (Å²) in [5.74, 6) is -20.3. The van der Waals surface area contributed by atoms with Crippen molar-refractivity contribution in [2.24, 2.45) is 0 Å². The van der Waals surface area contributed by atoms with Gasteiger partial charge in [-0.25, -0.2) is 43.9 Å². The fourth-order valence-electron chi connectivity index (χ4n) is 16.3. The molecular weight excluding hydrogens is 1350 g/mol. The van der Waals surface area contributed by atoms with Crippen molar-refractivity contribution in [1.29, 1.82) is 0 Å². The van der Waals surface area contributed by atoms with E-state index < -0.39 is 80.1 Å². The van der Waals surface area contributed by atoms with Crippen molar-refractivity contribution < 1.29 is 43.9 Å². The zero-order valence-electron chi connectivity index (χ0n) is 56.4. The molecule has 12 heteroatoms. The number of halogens is 10. The number of fused-ring (bicyclic) bond motifs is 8. The molecule has 0 radical (unpaired) electrons. The quantitative estimate of drug-likeness (QED) is 0.0540. The minimum atomic E-state index is -2.25. The number of hydrogen-bond donors (Lipinski definition) is 0. The molecule has 2 aliphatic carbocycles.